The van der Waals surface area contributed by atoms with Gasteiger partial charge in [-0.3, -0.25) is 0 Å². The molecular weight excluding hydrogens is 270 g/mol. The second kappa shape index (κ2) is 5.95. The number of carboxylic acid groups (broad SMARTS) is 1. The van der Waals surface area contributed by atoms with E-state index in [1.165, 1.54) is 6.07 Å². The van der Waals surface area contributed by atoms with Crippen LogP contribution in [0.1, 0.15) is 53.0 Å². The van der Waals surface area contributed by atoms with Gasteiger partial charge in [0.25, 0.3) is 0 Å². The Morgan fingerprint density at radius 2 is 2.14 bits per heavy atom. The summed E-state index contributed by atoms with van der Waals surface area (Å²) in [7, 11) is 0. The van der Waals surface area contributed by atoms with Gasteiger partial charge in [0.05, 0.1) is 17.3 Å². The molecular formula is C15H19N3O3. The fourth-order valence-corrected chi connectivity index (χ4v) is 2.37. The maximum absolute atomic E-state index is 11.2. The first-order chi connectivity index (χ1) is 9.92. The number of carboxylic acids is 1. The number of anilines is 1. The Hall–Kier alpha value is -2.37. The highest BCUT2D eigenvalue weighted by molar-refractivity contribution is 5.88. The summed E-state index contributed by atoms with van der Waals surface area (Å²) in [6, 6.07) is 3.06. The molecule has 1 unspecified atom stereocenters. The third-order valence-corrected chi connectivity index (χ3v) is 3.37. The first-order valence-corrected chi connectivity index (χ1v) is 6.86. The Balaban J connectivity index is 2.30. The molecule has 0 saturated carbocycles. The molecule has 0 fully saturated rings. The molecule has 2 rings (SSSR count). The number of carbonyl (C=O) groups is 1. The molecule has 112 valence electrons. The molecule has 1 atom stereocenters. The van der Waals surface area contributed by atoms with Gasteiger partial charge in [0.15, 0.2) is 0 Å². The number of nitrogens with one attached hydrogen (secondary N) is 1. The zero-order chi connectivity index (χ0) is 15.6. The minimum atomic E-state index is -0.958. The maximum Gasteiger partial charge on any atom is 0.335 e. The molecule has 0 spiro atoms. The van der Waals surface area contributed by atoms with Gasteiger partial charge in [-0.2, -0.15) is 0 Å². The van der Waals surface area contributed by atoms with Gasteiger partial charge < -0.3 is 14.9 Å². The summed E-state index contributed by atoms with van der Waals surface area (Å²) < 4.78 is 5.16. The Kier molecular flexibility index (Phi) is 4.26. The molecule has 0 amide bonds. The smallest absolute Gasteiger partial charge is 0.335 e. The van der Waals surface area contributed by atoms with Crippen molar-refractivity contribution < 1.29 is 14.4 Å². The fourth-order valence-electron chi connectivity index (χ4n) is 2.37. The Bertz CT molecular complexity index is 645. The van der Waals surface area contributed by atoms with Crippen LogP contribution in [0.15, 0.2) is 16.7 Å². The average molecular weight is 289 g/mol. The highest BCUT2D eigenvalue weighted by Crippen LogP contribution is 2.24. The van der Waals surface area contributed by atoms with Crippen LogP contribution in [0.4, 0.5) is 5.82 Å². The molecule has 0 aromatic carbocycles. The third kappa shape index (κ3) is 3.21. The summed E-state index contributed by atoms with van der Waals surface area (Å²) in [5.74, 6) is 0.331. The molecule has 2 aromatic rings. The highest BCUT2D eigenvalue weighted by atomic mass is 16.5. The predicted molar refractivity (Wildman–Crippen MR) is 78.6 cm³/mol. The summed E-state index contributed by atoms with van der Waals surface area (Å²) in [6.45, 7) is 7.64. The van der Waals surface area contributed by atoms with E-state index in [9.17, 15) is 4.79 Å². The fraction of sp³-hybridized carbons (Fsp3) is 0.400. The van der Waals surface area contributed by atoms with Crippen LogP contribution in [0.5, 0.6) is 0 Å². The molecule has 2 heterocycles. The largest absolute Gasteiger partial charge is 0.478 e. The van der Waals surface area contributed by atoms with Gasteiger partial charge in [0.2, 0.25) is 0 Å². The van der Waals surface area contributed by atoms with E-state index in [1.54, 1.807) is 6.07 Å². The van der Waals surface area contributed by atoms with Gasteiger partial charge in [-0.25, -0.2) is 9.78 Å². The summed E-state index contributed by atoms with van der Waals surface area (Å²) in [5.41, 5.74) is 2.76. The third-order valence-electron chi connectivity index (χ3n) is 3.37. The lowest BCUT2D eigenvalue weighted by atomic mass is 10.1. The van der Waals surface area contributed by atoms with E-state index in [2.05, 4.69) is 15.5 Å². The van der Waals surface area contributed by atoms with E-state index in [0.29, 0.717) is 12.2 Å². The number of pyridine rings is 1. The molecule has 0 aliphatic carbocycles. The van der Waals surface area contributed by atoms with E-state index in [4.69, 9.17) is 9.63 Å². The van der Waals surface area contributed by atoms with Crippen LogP contribution >= 0.6 is 0 Å². The molecule has 6 heteroatoms. The second-order valence-electron chi connectivity index (χ2n) is 4.99. The van der Waals surface area contributed by atoms with Gasteiger partial charge in [-0.15, -0.1) is 0 Å². The zero-order valence-electron chi connectivity index (χ0n) is 12.6. The van der Waals surface area contributed by atoms with E-state index < -0.39 is 5.97 Å². The lowest BCUT2D eigenvalue weighted by Gasteiger charge is -2.15. The van der Waals surface area contributed by atoms with Crippen molar-refractivity contribution >= 4 is 11.8 Å². The van der Waals surface area contributed by atoms with E-state index >= 15 is 0 Å². The molecule has 6 nitrogen and oxygen atoms in total. The Morgan fingerprint density at radius 1 is 1.43 bits per heavy atom. The maximum atomic E-state index is 11.2. The Labute approximate surface area is 123 Å². The minimum Gasteiger partial charge on any atom is -0.478 e. The second-order valence-corrected chi connectivity index (χ2v) is 4.99. The van der Waals surface area contributed by atoms with Crippen LogP contribution in [0.25, 0.3) is 0 Å². The first-order valence-electron chi connectivity index (χ1n) is 6.86. The normalized spacial score (nSPS) is 12.2. The van der Waals surface area contributed by atoms with Gasteiger partial charge in [0.1, 0.15) is 11.6 Å². The molecule has 0 aliphatic rings. The minimum absolute atomic E-state index is 0.0718. The van der Waals surface area contributed by atoms with Crippen molar-refractivity contribution in [3.05, 3.63) is 40.4 Å². The molecule has 2 aromatic heterocycles. The quantitative estimate of drug-likeness (QED) is 0.879. The number of hydrogen-bond donors (Lipinski definition) is 2. The molecule has 0 bridgehead atoms. The van der Waals surface area contributed by atoms with Crippen LogP contribution in [0.2, 0.25) is 0 Å². The van der Waals surface area contributed by atoms with Crippen LogP contribution in [-0.2, 0) is 6.42 Å². The van der Waals surface area contributed by atoms with Gasteiger partial charge in [-0.05, 0) is 39.3 Å². The Morgan fingerprint density at radius 3 is 2.67 bits per heavy atom. The van der Waals surface area contributed by atoms with Gasteiger partial charge >= 0.3 is 5.97 Å². The molecule has 0 radical (unpaired) electrons. The molecule has 2 N–H and O–H groups in total. The van der Waals surface area contributed by atoms with E-state index in [-0.39, 0.29) is 11.6 Å². The van der Waals surface area contributed by atoms with Gasteiger partial charge in [-0.1, -0.05) is 12.1 Å². The van der Waals surface area contributed by atoms with E-state index in [1.807, 2.05) is 27.7 Å². The number of nitrogens with zero attached hydrogens (tertiary/aromatic N) is 2. The number of aromatic carboxylic acids is 1. The van der Waals surface area contributed by atoms with E-state index in [0.717, 1.165) is 22.7 Å². The highest BCUT2D eigenvalue weighted by Gasteiger charge is 2.17. The summed E-state index contributed by atoms with van der Waals surface area (Å²) in [6.07, 6.45) is 0.676. The van der Waals surface area contributed by atoms with Crippen LogP contribution in [0.3, 0.4) is 0 Å². The zero-order valence-corrected chi connectivity index (χ0v) is 12.6. The predicted octanol–water partition coefficient (Wildman–Crippen LogP) is 3.12. The van der Waals surface area contributed by atoms with Crippen molar-refractivity contribution in [2.24, 2.45) is 0 Å². The lowest BCUT2D eigenvalue weighted by molar-refractivity contribution is 0.0696. The van der Waals surface area contributed by atoms with Crippen LogP contribution < -0.4 is 5.32 Å². The number of aryl methyl sites for hydroxylation is 3. The van der Waals surface area contributed by atoms with Crippen molar-refractivity contribution in [2.75, 3.05) is 5.32 Å². The first kappa shape index (κ1) is 15.0. The molecule has 0 aliphatic heterocycles. The average Bonchev–Trinajstić information content (AvgIpc) is 2.77. The van der Waals surface area contributed by atoms with Crippen molar-refractivity contribution in [3.63, 3.8) is 0 Å². The summed E-state index contributed by atoms with van der Waals surface area (Å²) in [4.78, 5) is 15.6. The molecule has 21 heavy (non-hydrogen) atoms. The van der Waals surface area contributed by atoms with Gasteiger partial charge in [0, 0.05) is 11.3 Å². The lowest BCUT2D eigenvalue weighted by Crippen LogP contribution is -2.11. The number of hydrogen-bond acceptors (Lipinski definition) is 5. The summed E-state index contributed by atoms with van der Waals surface area (Å²) >= 11 is 0. The van der Waals surface area contributed by atoms with Crippen molar-refractivity contribution in [1.29, 1.82) is 0 Å². The van der Waals surface area contributed by atoms with Crippen molar-refractivity contribution in [1.82, 2.24) is 10.1 Å². The summed E-state index contributed by atoms with van der Waals surface area (Å²) in [5, 5.41) is 16.3. The van der Waals surface area contributed by atoms with Crippen molar-refractivity contribution in [2.45, 2.75) is 40.2 Å². The SMILES string of the molecule is CCc1cc(C(=O)O)cc(NC(C)c2c(C)noc2C)n1. The topological polar surface area (TPSA) is 88.2 Å². The molecule has 0 saturated heterocycles. The number of aromatic nitrogens is 2. The van der Waals surface area contributed by atoms with Crippen molar-refractivity contribution in [3.8, 4) is 0 Å². The monoisotopic (exact) mass is 289 g/mol. The van der Waals surface area contributed by atoms with Crippen LogP contribution in [0, 0.1) is 13.8 Å². The standard InChI is InChI=1S/C15H19N3O3/c1-5-12-6-11(15(19)20)7-13(17-12)16-8(2)14-9(3)18-21-10(14)4/h6-8H,5H2,1-4H3,(H,16,17)(H,19,20). The van der Waals surface area contributed by atoms with Crippen LogP contribution in [-0.4, -0.2) is 21.2 Å². The number of rotatable bonds is 5.